The van der Waals surface area contributed by atoms with Crippen LogP contribution in [0.2, 0.25) is 0 Å². The highest BCUT2D eigenvalue weighted by Gasteiger charge is 2.60. The van der Waals surface area contributed by atoms with Crippen LogP contribution in [0.25, 0.3) is 4.85 Å². The number of alkyl halides is 3. The summed E-state index contributed by atoms with van der Waals surface area (Å²) >= 11 is 0. The number of rotatable bonds is 6. The second-order valence-electron chi connectivity index (χ2n) is 11.4. The van der Waals surface area contributed by atoms with Gasteiger partial charge in [0.2, 0.25) is 11.8 Å². The van der Waals surface area contributed by atoms with Crippen LogP contribution in [0, 0.1) is 17.8 Å². The van der Waals surface area contributed by atoms with Crippen LogP contribution in [-0.4, -0.2) is 64.5 Å². The first-order valence-electron chi connectivity index (χ1n) is 13.0. The van der Waals surface area contributed by atoms with Crippen LogP contribution in [0.4, 0.5) is 23.4 Å². The van der Waals surface area contributed by atoms with Crippen LogP contribution in [0.3, 0.4) is 0 Å². The van der Waals surface area contributed by atoms with Crippen molar-refractivity contribution in [3.8, 4) is 6.57 Å². The van der Waals surface area contributed by atoms with Crippen molar-refractivity contribution in [3.05, 3.63) is 64.4 Å². The quantitative estimate of drug-likeness (QED) is 0.447. The molecule has 4 atom stereocenters. The van der Waals surface area contributed by atoms with Gasteiger partial charge < -0.3 is 16.0 Å². The zero-order valence-corrected chi connectivity index (χ0v) is 23.0. The van der Waals surface area contributed by atoms with Gasteiger partial charge in [-0.1, -0.05) is 43.8 Å². The molecule has 3 N–H and O–H groups in total. The van der Waals surface area contributed by atoms with E-state index in [0.717, 1.165) is 6.07 Å². The number of amides is 4. The number of pyridine rings is 1. The number of anilines is 1. The van der Waals surface area contributed by atoms with Crippen LogP contribution in [0.1, 0.15) is 38.3 Å². The number of aromatic nitrogens is 1. The van der Waals surface area contributed by atoms with Crippen LogP contribution < -0.4 is 16.0 Å². The Labute approximate surface area is 238 Å². The summed E-state index contributed by atoms with van der Waals surface area (Å²) in [4.78, 5) is 61.5. The number of carbonyl (C=O) groups is 4. The van der Waals surface area contributed by atoms with Gasteiger partial charge in [-0.2, -0.15) is 13.2 Å². The number of benzene rings is 1. The molecule has 1 spiro atoms. The first-order chi connectivity index (χ1) is 19.6. The summed E-state index contributed by atoms with van der Waals surface area (Å²) < 4.78 is 53.1. The van der Waals surface area contributed by atoms with E-state index in [4.69, 9.17) is 6.57 Å². The largest absolute Gasteiger partial charge is 0.471 e. The van der Waals surface area contributed by atoms with E-state index >= 15 is 0 Å². The molecule has 1 fully saturated rings. The zero-order chi connectivity index (χ0) is 31.0. The van der Waals surface area contributed by atoms with Crippen molar-refractivity contribution in [1.29, 1.82) is 0 Å². The number of fused-ring (bicyclic) bond motifs is 2. The average Bonchev–Trinajstić information content (AvgIpc) is 3.43. The van der Waals surface area contributed by atoms with E-state index in [-0.39, 0.29) is 19.4 Å². The summed E-state index contributed by atoms with van der Waals surface area (Å²) in [6, 6.07) is 5.38. The maximum absolute atomic E-state index is 14.0. The summed E-state index contributed by atoms with van der Waals surface area (Å²) in [6.45, 7) is 9.77. The van der Waals surface area contributed by atoms with Gasteiger partial charge in [-0.15, -0.1) is 0 Å². The molecule has 0 radical (unpaired) electrons. The topological polar surface area (TPSA) is 125 Å². The molecule has 0 aliphatic carbocycles. The van der Waals surface area contributed by atoms with Crippen molar-refractivity contribution in [1.82, 2.24) is 20.5 Å². The van der Waals surface area contributed by atoms with Gasteiger partial charge in [-0.3, -0.25) is 24.1 Å². The molecule has 0 unspecified atom stereocenters. The standard InChI is InChI=1S/C28H28F4N6O4/c1-26(2,3)20(36-25(42)28(30,31)32)22(39)35-18(12-15-7-5-8-16(29)11-15)23(40)38-14-27(13-19(38)33-4)17-9-6-10-34-21(17)37-24(27)41/h4-11,18-20H,12-14H2,1-3H3,(H2-,34,35,36,37,39,41,42)/p+1/t18-,19-,20+,27-/m0/s1. The van der Waals surface area contributed by atoms with E-state index < -0.39 is 64.7 Å². The molecule has 3 heterocycles. The number of hydrogen-bond donors (Lipinski definition) is 3. The highest BCUT2D eigenvalue weighted by atomic mass is 19.4. The molecule has 1 aromatic heterocycles. The lowest BCUT2D eigenvalue weighted by Gasteiger charge is -2.32. The smallest absolute Gasteiger partial charge is 0.342 e. The minimum absolute atomic E-state index is 0.00660. The van der Waals surface area contributed by atoms with Gasteiger partial charge in [0.05, 0.1) is 6.42 Å². The van der Waals surface area contributed by atoms with Crippen LogP contribution in [0.15, 0.2) is 42.6 Å². The summed E-state index contributed by atoms with van der Waals surface area (Å²) in [5.74, 6) is -4.87. The first kappa shape index (κ1) is 30.4. The van der Waals surface area contributed by atoms with Crippen LogP contribution in [-0.2, 0) is 31.0 Å². The lowest BCUT2D eigenvalue weighted by atomic mass is 9.81. The van der Waals surface area contributed by atoms with Gasteiger partial charge in [0.15, 0.2) is 0 Å². The highest BCUT2D eigenvalue weighted by Crippen LogP contribution is 2.46. The molecule has 1 aromatic carbocycles. The Bertz CT molecular complexity index is 1470. The molecule has 222 valence electrons. The molecule has 10 nitrogen and oxygen atoms in total. The zero-order valence-electron chi connectivity index (χ0n) is 23.0. The first-order valence-corrected chi connectivity index (χ1v) is 13.0. The van der Waals surface area contributed by atoms with Gasteiger partial charge in [-0.05, 0) is 29.2 Å². The van der Waals surface area contributed by atoms with E-state index in [1.165, 1.54) is 50.1 Å². The third-order valence-corrected chi connectivity index (χ3v) is 7.38. The van der Waals surface area contributed by atoms with Crippen LogP contribution in [0.5, 0.6) is 0 Å². The van der Waals surface area contributed by atoms with E-state index in [1.54, 1.807) is 17.4 Å². The third-order valence-electron chi connectivity index (χ3n) is 7.38. The van der Waals surface area contributed by atoms with Gasteiger partial charge in [-0.25, -0.2) is 9.37 Å². The Balaban J connectivity index is 1.67. The van der Waals surface area contributed by atoms with Gasteiger partial charge in [0, 0.05) is 24.7 Å². The maximum Gasteiger partial charge on any atom is 0.471 e. The monoisotopic (exact) mass is 589 g/mol. The molecule has 2 aromatic rings. The average molecular weight is 590 g/mol. The van der Waals surface area contributed by atoms with Crippen LogP contribution >= 0.6 is 0 Å². The number of hydrogen-bond acceptors (Lipinski definition) is 5. The van der Waals surface area contributed by atoms with E-state index in [0.29, 0.717) is 16.9 Å². The van der Waals surface area contributed by atoms with E-state index in [9.17, 15) is 36.7 Å². The van der Waals surface area contributed by atoms with Crippen molar-refractivity contribution in [2.75, 3.05) is 11.9 Å². The number of likely N-dealkylation sites (tertiary alicyclic amines) is 1. The normalized spacial score (nSPS) is 21.2. The van der Waals surface area contributed by atoms with E-state index in [2.05, 4.69) is 20.5 Å². The Kier molecular flexibility index (Phi) is 7.99. The molecule has 14 heteroatoms. The molecule has 1 saturated heterocycles. The Morgan fingerprint density at radius 1 is 1.19 bits per heavy atom. The summed E-state index contributed by atoms with van der Waals surface area (Å²) in [5, 5.41) is 6.84. The predicted molar refractivity (Wildman–Crippen MR) is 142 cm³/mol. The van der Waals surface area contributed by atoms with Gasteiger partial charge >= 0.3 is 18.2 Å². The lowest BCUT2D eigenvalue weighted by molar-refractivity contribution is -0.175. The summed E-state index contributed by atoms with van der Waals surface area (Å²) in [6.07, 6.45) is -5.03. The number of nitrogens with one attached hydrogen (secondary N) is 3. The maximum atomic E-state index is 14.0. The molecule has 42 heavy (non-hydrogen) atoms. The highest BCUT2D eigenvalue weighted by molar-refractivity contribution is 6.06. The molecule has 0 saturated carbocycles. The van der Waals surface area contributed by atoms with Crippen molar-refractivity contribution in [2.24, 2.45) is 5.41 Å². The molecular formula is C28H29F4N6O4+. The Morgan fingerprint density at radius 2 is 1.90 bits per heavy atom. The minimum atomic E-state index is -5.26. The Morgan fingerprint density at radius 3 is 2.52 bits per heavy atom. The fourth-order valence-corrected chi connectivity index (χ4v) is 5.28. The molecule has 0 bridgehead atoms. The fraction of sp³-hybridized carbons (Fsp3) is 0.429. The molecule has 2 aliphatic rings. The second-order valence-corrected chi connectivity index (χ2v) is 11.4. The van der Waals surface area contributed by atoms with Crippen molar-refractivity contribution in [3.63, 3.8) is 0 Å². The number of nitrogens with zero attached hydrogens (tertiary/aromatic N) is 3. The molecular weight excluding hydrogens is 560 g/mol. The fourth-order valence-electron chi connectivity index (χ4n) is 5.28. The minimum Gasteiger partial charge on any atom is -0.342 e. The SMILES string of the molecule is C#[N+][C@@H]1C[C@@]2(CN1C(=O)[C@H](Cc1cccc(F)c1)NC(=O)[C@@H](NC(=O)C(F)(F)F)C(C)(C)C)C(=O)Nc1ncccc12. The van der Waals surface area contributed by atoms with Crippen molar-refractivity contribution >= 4 is 29.4 Å². The lowest BCUT2D eigenvalue weighted by Crippen LogP contribution is -2.60. The molecule has 4 rings (SSSR count). The van der Waals surface area contributed by atoms with Gasteiger partial charge in [0.25, 0.3) is 12.5 Å². The second kappa shape index (κ2) is 11.0. The molecule has 2 aliphatic heterocycles. The Hall–Kier alpha value is -4.54. The van der Waals surface area contributed by atoms with Crippen molar-refractivity contribution < 1.29 is 36.7 Å². The van der Waals surface area contributed by atoms with Gasteiger partial charge in [0.1, 0.15) is 29.1 Å². The van der Waals surface area contributed by atoms with Crippen molar-refractivity contribution in [2.45, 2.75) is 63.5 Å². The summed E-state index contributed by atoms with van der Waals surface area (Å²) in [5.41, 5.74) is -1.62. The number of carbonyl (C=O) groups excluding carboxylic acids is 4. The predicted octanol–water partition coefficient (Wildman–Crippen LogP) is 2.75. The molecule has 4 amide bonds. The number of halogens is 4. The third kappa shape index (κ3) is 5.90. The summed E-state index contributed by atoms with van der Waals surface area (Å²) in [7, 11) is 0. The van der Waals surface area contributed by atoms with E-state index in [1.807, 2.05) is 0 Å².